The molecule has 2 aromatic rings. The van der Waals surface area contributed by atoms with Crippen LogP contribution in [-0.2, 0) is 13.0 Å². The van der Waals surface area contributed by atoms with Gasteiger partial charge >= 0.3 is 0 Å². The van der Waals surface area contributed by atoms with Crippen LogP contribution in [0.1, 0.15) is 45.5 Å². The monoisotopic (exact) mass is 303 g/mol. The van der Waals surface area contributed by atoms with E-state index in [1.165, 1.54) is 24.0 Å². The summed E-state index contributed by atoms with van der Waals surface area (Å²) in [6.45, 7) is 4.90. The molecule has 0 unspecified atom stereocenters. The molecule has 21 heavy (non-hydrogen) atoms. The number of hydrogen-bond donors (Lipinski definition) is 1. The number of aliphatic hydroxyl groups excluding tert-OH is 1. The summed E-state index contributed by atoms with van der Waals surface area (Å²) in [5.74, 6) is 1.52. The second-order valence-electron chi connectivity index (χ2n) is 5.77. The number of aromatic nitrogens is 1. The Hall–Kier alpha value is -1.39. The molecule has 1 N–H and O–H groups in total. The zero-order chi connectivity index (χ0) is 14.8. The van der Waals surface area contributed by atoms with E-state index in [0.717, 1.165) is 27.7 Å². The second-order valence-corrected chi connectivity index (χ2v) is 6.94. The zero-order valence-electron chi connectivity index (χ0n) is 12.6. The normalized spacial score (nSPS) is 14.4. The molecule has 0 radical (unpaired) electrons. The molecule has 1 heterocycles. The lowest BCUT2D eigenvalue weighted by Gasteiger charge is -2.07. The van der Waals surface area contributed by atoms with Crippen LogP contribution in [0.5, 0.6) is 5.75 Å². The average molecular weight is 303 g/mol. The molecule has 4 heteroatoms. The van der Waals surface area contributed by atoms with Gasteiger partial charge < -0.3 is 9.84 Å². The SMILES string of the molecule is Cc1cc(C)cc(OCCc2nc(C3CC3)c(CO)s2)c1. The first-order valence-corrected chi connectivity index (χ1v) is 8.28. The van der Waals surface area contributed by atoms with Crippen molar-refractivity contribution < 1.29 is 9.84 Å². The van der Waals surface area contributed by atoms with Gasteiger partial charge in [-0.05, 0) is 49.9 Å². The van der Waals surface area contributed by atoms with E-state index in [1.54, 1.807) is 11.3 Å². The maximum atomic E-state index is 9.41. The highest BCUT2D eigenvalue weighted by atomic mass is 32.1. The molecule has 1 aliphatic carbocycles. The smallest absolute Gasteiger partial charge is 0.119 e. The molecule has 112 valence electrons. The lowest BCUT2D eigenvalue weighted by molar-refractivity contribution is 0.284. The topological polar surface area (TPSA) is 42.4 Å². The Morgan fingerprint density at radius 1 is 1.24 bits per heavy atom. The van der Waals surface area contributed by atoms with E-state index < -0.39 is 0 Å². The minimum absolute atomic E-state index is 0.113. The van der Waals surface area contributed by atoms with Gasteiger partial charge in [0.05, 0.1) is 28.8 Å². The quantitative estimate of drug-likeness (QED) is 0.883. The Balaban J connectivity index is 1.60. The molecule has 0 aliphatic heterocycles. The van der Waals surface area contributed by atoms with E-state index in [-0.39, 0.29) is 6.61 Å². The number of aliphatic hydroxyl groups is 1. The van der Waals surface area contributed by atoms with Gasteiger partial charge in [0.25, 0.3) is 0 Å². The molecule has 0 atom stereocenters. The van der Waals surface area contributed by atoms with E-state index in [9.17, 15) is 5.11 Å². The molecule has 1 aromatic carbocycles. The van der Waals surface area contributed by atoms with Gasteiger partial charge in [-0.2, -0.15) is 0 Å². The number of ether oxygens (including phenoxy) is 1. The maximum Gasteiger partial charge on any atom is 0.119 e. The number of rotatable bonds is 6. The van der Waals surface area contributed by atoms with Gasteiger partial charge in [0.2, 0.25) is 0 Å². The van der Waals surface area contributed by atoms with Crippen molar-refractivity contribution in [3.05, 3.63) is 44.9 Å². The Morgan fingerprint density at radius 3 is 2.57 bits per heavy atom. The highest BCUT2D eigenvalue weighted by Crippen LogP contribution is 2.42. The van der Waals surface area contributed by atoms with Crippen LogP contribution in [0, 0.1) is 13.8 Å². The molecule has 1 aromatic heterocycles. The highest BCUT2D eigenvalue weighted by molar-refractivity contribution is 7.11. The summed E-state index contributed by atoms with van der Waals surface area (Å²) in [5.41, 5.74) is 3.57. The third-order valence-corrected chi connectivity index (χ3v) is 4.78. The molecule has 3 rings (SSSR count). The molecule has 0 saturated heterocycles. The number of nitrogens with zero attached hydrogens (tertiary/aromatic N) is 1. The lowest BCUT2D eigenvalue weighted by Crippen LogP contribution is -2.01. The number of benzene rings is 1. The molecular formula is C17H21NO2S. The Kier molecular flexibility index (Phi) is 4.27. The summed E-state index contributed by atoms with van der Waals surface area (Å²) in [4.78, 5) is 5.73. The summed E-state index contributed by atoms with van der Waals surface area (Å²) in [5, 5.41) is 10.5. The summed E-state index contributed by atoms with van der Waals surface area (Å²) < 4.78 is 5.83. The van der Waals surface area contributed by atoms with Gasteiger partial charge in [-0.1, -0.05) is 6.07 Å². The molecule has 0 amide bonds. The molecular weight excluding hydrogens is 282 g/mol. The van der Waals surface area contributed by atoms with Crippen molar-refractivity contribution in [3.8, 4) is 5.75 Å². The lowest BCUT2D eigenvalue weighted by atomic mass is 10.1. The van der Waals surface area contributed by atoms with Crippen LogP contribution in [0.4, 0.5) is 0 Å². The van der Waals surface area contributed by atoms with E-state index in [0.29, 0.717) is 12.5 Å². The molecule has 1 aliphatic rings. The van der Waals surface area contributed by atoms with E-state index in [1.807, 2.05) is 0 Å². The van der Waals surface area contributed by atoms with Crippen molar-refractivity contribution in [3.63, 3.8) is 0 Å². The van der Waals surface area contributed by atoms with Gasteiger partial charge in [0, 0.05) is 12.3 Å². The third-order valence-electron chi connectivity index (χ3n) is 3.66. The largest absolute Gasteiger partial charge is 0.493 e. The highest BCUT2D eigenvalue weighted by Gasteiger charge is 2.29. The third kappa shape index (κ3) is 3.63. The molecule has 1 saturated carbocycles. The second kappa shape index (κ2) is 6.16. The van der Waals surface area contributed by atoms with Gasteiger partial charge in [-0.25, -0.2) is 4.98 Å². The van der Waals surface area contributed by atoms with Crippen LogP contribution in [0.3, 0.4) is 0 Å². The van der Waals surface area contributed by atoms with E-state index >= 15 is 0 Å². The van der Waals surface area contributed by atoms with Gasteiger partial charge in [0.1, 0.15) is 5.75 Å². The number of aryl methyl sites for hydroxylation is 2. The fourth-order valence-corrected chi connectivity index (χ4v) is 3.58. The minimum atomic E-state index is 0.113. The first-order valence-electron chi connectivity index (χ1n) is 7.46. The predicted molar refractivity (Wildman–Crippen MR) is 85.1 cm³/mol. The van der Waals surface area contributed by atoms with Crippen molar-refractivity contribution in [1.82, 2.24) is 4.98 Å². The van der Waals surface area contributed by atoms with E-state index in [2.05, 4.69) is 37.0 Å². The van der Waals surface area contributed by atoms with Gasteiger partial charge in [-0.3, -0.25) is 0 Å². The maximum absolute atomic E-state index is 9.41. The van der Waals surface area contributed by atoms with Crippen molar-refractivity contribution in [2.24, 2.45) is 0 Å². The van der Waals surface area contributed by atoms with Crippen LogP contribution in [0.15, 0.2) is 18.2 Å². The first-order chi connectivity index (χ1) is 10.2. The number of hydrogen-bond acceptors (Lipinski definition) is 4. The Morgan fingerprint density at radius 2 is 1.95 bits per heavy atom. The summed E-state index contributed by atoms with van der Waals surface area (Å²) in [6, 6.07) is 6.26. The molecule has 0 spiro atoms. The summed E-state index contributed by atoms with van der Waals surface area (Å²) >= 11 is 1.63. The first kappa shape index (κ1) is 14.5. The van der Waals surface area contributed by atoms with Crippen LogP contribution in [0.25, 0.3) is 0 Å². The number of thiazole rings is 1. The average Bonchev–Trinajstić information content (AvgIpc) is 3.19. The Labute approximate surface area is 129 Å². The van der Waals surface area contributed by atoms with Crippen molar-refractivity contribution in [2.75, 3.05) is 6.61 Å². The standard InChI is InChI=1S/C17H21NO2S/c1-11-7-12(2)9-14(8-11)20-6-5-16-18-17(13-3-4-13)15(10-19)21-16/h7-9,13,19H,3-6,10H2,1-2H3. The van der Waals surface area contributed by atoms with Crippen molar-refractivity contribution in [1.29, 1.82) is 0 Å². The fraction of sp³-hybridized carbons (Fsp3) is 0.471. The molecule has 0 bridgehead atoms. The predicted octanol–water partition coefficient (Wildman–Crippen LogP) is 3.75. The van der Waals surface area contributed by atoms with Crippen LogP contribution in [0.2, 0.25) is 0 Å². The van der Waals surface area contributed by atoms with Gasteiger partial charge in [-0.15, -0.1) is 11.3 Å². The minimum Gasteiger partial charge on any atom is -0.493 e. The van der Waals surface area contributed by atoms with Crippen LogP contribution >= 0.6 is 11.3 Å². The summed E-state index contributed by atoms with van der Waals surface area (Å²) in [7, 11) is 0. The van der Waals surface area contributed by atoms with Gasteiger partial charge in [0.15, 0.2) is 0 Å². The van der Waals surface area contributed by atoms with Crippen LogP contribution in [-0.4, -0.2) is 16.7 Å². The Bertz CT molecular complexity index is 611. The van der Waals surface area contributed by atoms with Crippen molar-refractivity contribution in [2.45, 2.75) is 45.6 Å². The summed E-state index contributed by atoms with van der Waals surface area (Å²) in [6.07, 6.45) is 3.24. The molecule has 1 fully saturated rings. The van der Waals surface area contributed by atoms with Crippen molar-refractivity contribution >= 4 is 11.3 Å². The van der Waals surface area contributed by atoms with E-state index in [4.69, 9.17) is 4.74 Å². The zero-order valence-corrected chi connectivity index (χ0v) is 13.4. The fourth-order valence-electron chi connectivity index (χ4n) is 2.58. The molecule has 3 nitrogen and oxygen atoms in total. The van der Waals surface area contributed by atoms with Crippen LogP contribution < -0.4 is 4.74 Å².